The number of piperazine rings is 1. The predicted molar refractivity (Wildman–Crippen MR) is 97.8 cm³/mol. The quantitative estimate of drug-likeness (QED) is 0.527. The van der Waals surface area contributed by atoms with E-state index in [1.165, 1.54) is 62.6 Å². The summed E-state index contributed by atoms with van der Waals surface area (Å²) in [6, 6.07) is 10.7. The van der Waals surface area contributed by atoms with Gasteiger partial charge in [0.1, 0.15) is 0 Å². The summed E-state index contributed by atoms with van der Waals surface area (Å²) < 4.78 is 0. The molecule has 0 atom stereocenters. The number of nitrogens with zero attached hydrogens (tertiary/aromatic N) is 2. The number of hydrogen-bond acceptors (Lipinski definition) is 4. The minimum absolute atomic E-state index is 1.16. The lowest BCUT2D eigenvalue weighted by molar-refractivity contribution is 0.221. The molecule has 1 aliphatic heterocycles. The molecule has 0 spiro atoms. The molecule has 1 aromatic rings. The molecule has 22 heavy (non-hydrogen) atoms. The molecule has 3 nitrogen and oxygen atoms in total. The number of thioether (sulfide) groups is 1. The van der Waals surface area contributed by atoms with Gasteiger partial charge in [-0.1, -0.05) is 18.2 Å². The molecule has 1 aromatic carbocycles. The Hall–Kier alpha value is -0.550. The van der Waals surface area contributed by atoms with Crippen LogP contribution in [-0.2, 0) is 0 Å². The van der Waals surface area contributed by atoms with Crippen molar-refractivity contribution in [3.63, 3.8) is 0 Å². The topological polar surface area (TPSA) is 18.5 Å². The number of unbranched alkanes of at least 4 members (excludes halogenated alkanes) is 1. The molecule has 0 aromatic heterocycles. The van der Waals surface area contributed by atoms with E-state index in [1.807, 2.05) is 11.8 Å². The van der Waals surface area contributed by atoms with Gasteiger partial charge in [0.05, 0.1) is 0 Å². The first-order valence-corrected chi connectivity index (χ1v) is 9.62. The molecular formula is C18H31N3S. The van der Waals surface area contributed by atoms with Gasteiger partial charge in [-0.25, -0.2) is 0 Å². The maximum Gasteiger partial charge on any atom is 0.0107 e. The monoisotopic (exact) mass is 321 g/mol. The Morgan fingerprint density at radius 1 is 1.05 bits per heavy atom. The van der Waals surface area contributed by atoms with Crippen molar-refractivity contribution in [3.8, 4) is 0 Å². The van der Waals surface area contributed by atoms with E-state index in [2.05, 4.69) is 52.5 Å². The summed E-state index contributed by atoms with van der Waals surface area (Å²) in [6.07, 6.45) is 3.92. The number of benzene rings is 1. The molecule has 1 fully saturated rings. The average Bonchev–Trinajstić information content (AvgIpc) is 2.56. The van der Waals surface area contributed by atoms with Gasteiger partial charge in [0.2, 0.25) is 0 Å². The van der Waals surface area contributed by atoms with Crippen molar-refractivity contribution >= 4 is 11.8 Å². The third-order valence-corrected chi connectivity index (χ3v) is 5.27. The zero-order valence-electron chi connectivity index (χ0n) is 14.0. The van der Waals surface area contributed by atoms with E-state index in [-0.39, 0.29) is 0 Å². The lowest BCUT2D eigenvalue weighted by Gasteiger charge is -2.27. The SMILES string of the molecule is CN(CCCCSc1ccccc1)CCCN1CCNCC1. The maximum absolute atomic E-state index is 3.41. The highest BCUT2D eigenvalue weighted by Gasteiger charge is 2.08. The predicted octanol–water partition coefficient (Wildman–Crippen LogP) is 2.79. The van der Waals surface area contributed by atoms with Gasteiger partial charge >= 0.3 is 0 Å². The average molecular weight is 322 g/mol. The Bertz CT molecular complexity index is 379. The fourth-order valence-electron chi connectivity index (χ4n) is 2.80. The zero-order valence-corrected chi connectivity index (χ0v) is 14.8. The standard InChI is InChI=1S/C18H31N3S/c1-20(13-7-14-21-15-10-19-11-16-21)12-5-6-17-22-18-8-3-2-4-9-18/h2-4,8-9,19H,5-7,10-17H2,1H3. The van der Waals surface area contributed by atoms with Crippen LogP contribution in [0.3, 0.4) is 0 Å². The number of hydrogen-bond donors (Lipinski definition) is 1. The fraction of sp³-hybridized carbons (Fsp3) is 0.667. The summed E-state index contributed by atoms with van der Waals surface area (Å²) in [4.78, 5) is 6.47. The van der Waals surface area contributed by atoms with E-state index < -0.39 is 0 Å². The summed E-state index contributed by atoms with van der Waals surface area (Å²) in [5, 5.41) is 3.41. The fourth-order valence-corrected chi connectivity index (χ4v) is 3.74. The summed E-state index contributed by atoms with van der Waals surface area (Å²) in [5.41, 5.74) is 0. The van der Waals surface area contributed by atoms with E-state index in [1.54, 1.807) is 0 Å². The molecule has 0 radical (unpaired) electrons. The smallest absolute Gasteiger partial charge is 0.0107 e. The molecule has 2 rings (SSSR count). The molecule has 0 amide bonds. The Morgan fingerprint density at radius 3 is 2.55 bits per heavy atom. The molecule has 1 heterocycles. The third-order valence-electron chi connectivity index (χ3n) is 4.17. The third kappa shape index (κ3) is 7.63. The molecule has 0 bridgehead atoms. The van der Waals surface area contributed by atoms with Crippen LogP contribution in [0.4, 0.5) is 0 Å². The molecule has 0 unspecified atom stereocenters. The highest BCUT2D eigenvalue weighted by Crippen LogP contribution is 2.18. The van der Waals surface area contributed by atoms with Crippen LogP contribution < -0.4 is 5.32 Å². The van der Waals surface area contributed by atoms with Crippen molar-refractivity contribution < 1.29 is 0 Å². The normalized spacial score (nSPS) is 16.3. The zero-order chi connectivity index (χ0) is 15.5. The first-order valence-electron chi connectivity index (χ1n) is 8.64. The van der Waals surface area contributed by atoms with Crippen LogP contribution in [0.5, 0.6) is 0 Å². The van der Waals surface area contributed by atoms with E-state index in [0.29, 0.717) is 0 Å². The number of rotatable bonds is 10. The van der Waals surface area contributed by atoms with Gasteiger partial charge < -0.3 is 15.1 Å². The van der Waals surface area contributed by atoms with Crippen molar-refractivity contribution in [2.75, 3.05) is 58.6 Å². The minimum Gasteiger partial charge on any atom is -0.314 e. The Balaban J connectivity index is 1.43. The second kappa shape index (κ2) is 11.1. The van der Waals surface area contributed by atoms with Crippen LogP contribution in [0.25, 0.3) is 0 Å². The molecule has 1 saturated heterocycles. The van der Waals surface area contributed by atoms with Gasteiger partial charge in [0.25, 0.3) is 0 Å². The molecule has 1 aliphatic rings. The maximum atomic E-state index is 3.41. The van der Waals surface area contributed by atoms with Gasteiger partial charge in [0, 0.05) is 31.1 Å². The first-order chi connectivity index (χ1) is 10.8. The van der Waals surface area contributed by atoms with Crippen molar-refractivity contribution in [2.24, 2.45) is 0 Å². The molecular weight excluding hydrogens is 290 g/mol. The van der Waals surface area contributed by atoms with Crippen molar-refractivity contribution in [2.45, 2.75) is 24.2 Å². The largest absolute Gasteiger partial charge is 0.314 e. The van der Waals surface area contributed by atoms with E-state index in [9.17, 15) is 0 Å². The van der Waals surface area contributed by atoms with Crippen LogP contribution in [0.1, 0.15) is 19.3 Å². The van der Waals surface area contributed by atoms with E-state index in [4.69, 9.17) is 0 Å². The lowest BCUT2D eigenvalue weighted by atomic mass is 10.3. The Kier molecular flexibility index (Phi) is 8.95. The summed E-state index contributed by atoms with van der Waals surface area (Å²) >= 11 is 1.98. The van der Waals surface area contributed by atoms with Crippen LogP contribution in [0.15, 0.2) is 35.2 Å². The second-order valence-electron chi connectivity index (χ2n) is 6.12. The number of nitrogens with one attached hydrogen (secondary N) is 1. The van der Waals surface area contributed by atoms with Gasteiger partial charge in [-0.3, -0.25) is 0 Å². The van der Waals surface area contributed by atoms with Gasteiger partial charge in [-0.15, -0.1) is 11.8 Å². The van der Waals surface area contributed by atoms with Crippen LogP contribution in [0.2, 0.25) is 0 Å². The molecule has 124 valence electrons. The lowest BCUT2D eigenvalue weighted by Crippen LogP contribution is -2.44. The van der Waals surface area contributed by atoms with Crippen LogP contribution in [0, 0.1) is 0 Å². The van der Waals surface area contributed by atoms with Gasteiger partial charge in [-0.05, 0) is 63.8 Å². The highest BCUT2D eigenvalue weighted by atomic mass is 32.2. The summed E-state index contributed by atoms with van der Waals surface area (Å²) in [6.45, 7) is 8.49. The molecule has 0 aliphatic carbocycles. The van der Waals surface area contributed by atoms with Gasteiger partial charge in [0.15, 0.2) is 0 Å². The second-order valence-corrected chi connectivity index (χ2v) is 7.29. The Morgan fingerprint density at radius 2 is 1.77 bits per heavy atom. The van der Waals surface area contributed by atoms with Crippen LogP contribution >= 0.6 is 11.8 Å². The van der Waals surface area contributed by atoms with Crippen molar-refractivity contribution in [1.82, 2.24) is 15.1 Å². The molecule has 1 N–H and O–H groups in total. The van der Waals surface area contributed by atoms with Crippen molar-refractivity contribution in [1.29, 1.82) is 0 Å². The first kappa shape index (κ1) is 17.8. The Labute approximate surface area is 140 Å². The van der Waals surface area contributed by atoms with E-state index in [0.717, 1.165) is 13.1 Å². The van der Waals surface area contributed by atoms with Gasteiger partial charge in [-0.2, -0.15) is 0 Å². The van der Waals surface area contributed by atoms with Crippen LogP contribution in [-0.4, -0.2) is 68.4 Å². The molecule has 0 saturated carbocycles. The van der Waals surface area contributed by atoms with Crippen molar-refractivity contribution in [3.05, 3.63) is 30.3 Å². The highest BCUT2D eigenvalue weighted by molar-refractivity contribution is 7.99. The summed E-state index contributed by atoms with van der Waals surface area (Å²) in [7, 11) is 2.27. The minimum atomic E-state index is 1.16. The van der Waals surface area contributed by atoms with E-state index >= 15 is 0 Å². The summed E-state index contributed by atoms with van der Waals surface area (Å²) in [5.74, 6) is 1.23. The molecule has 4 heteroatoms.